The third-order valence-corrected chi connectivity index (χ3v) is 4.91. The molecule has 1 saturated heterocycles. The Hall–Kier alpha value is -1.40. The predicted molar refractivity (Wildman–Crippen MR) is 71.9 cm³/mol. The first-order chi connectivity index (χ1) is 9.03. The lowest BCUT2D eigenvalue weighted by Gasteiger charge is -2.13. The fourth-order valence-corrected chi connectivity index (χ4v) is 3.50. The number of hydrogen-bond donors (Lipinski definition) is 0. The Morgan fingerprint density at radius 3 is 2.53 bits per heavy atom. The molecule has 0 aromatic heterocycles. The Morgan fingerprint density at radius 1 is 1.32 bits per heavy atom. The van der Waals surface area contributed by atoms with Gasteiger partial charge in [-0.05, 0) is 37.6 Å². The molecule has 0 radical (unpaired) electrons. The van der Waals surface area contributed by atoms with Crippen molar-refractivity contribution in [3.63, 3.8) is 0 Å². The van der Waals surface area contributed by atoms with Gasteiger partial charge in [-0.3, -0.25) is 4.79 Å². The van der Waals surface area contributed by atoms with E-state index in [1.807, 2.05) is 6.92 Å². The van der Waals surface area contributed by atoms with Gasteiger partial charge in [0.25, 0.3) is 0 Å². The zero-order valence-corrected chi connectivity index (χ0v) is 11.6. The minimum atomic E-state index is -3.22. The number of carbonyl (C=O) groups excluding carboxylic acids is 1. The summed E-state index contributed by atoms with van der Waals surface area (Å²) < 4.78 is 29.8. The number of ether oxygens (including phenoxy) is 1. The molecule has 0 aliphatic carbocycles. The van der Waals surface area contributed by atoms with Crippen LogP contribution in [0.4, 0.5) is 0 Å². The number of benzene rings is 1. The molecule has 1 aliphatic rings. The standard InChI is InChI=1S/C13H17NO4S/c1-2-18-12-6-4-11(5-7-12)13(15)10-14-8-3-9-19(14,16)17/h4-7H,2-3,8-10H2,1H3. The maximum atomic E-state index is 12.0. The van der Waals surface area contributed by atoms with Crippen molar-refractivity contribution in [2.24, 2.45) is 0 Å². The second kappa shape index (κ2) is 5.71. The van der Waals surface area contributed by atoms with E-state index in [2.05, 4.69) is 0 Å². The number of Topliss-reactive ketones (excluding diaryl/α,β-unsaturated/α-hetero) is 1. The van der Waals surface area contributed by atoms with Crippen LogP contribution in [0.1, 0.15) is 23.7 Å². The van der Waals surface area contributed by atoms with Crippen LogP contribution in [0.2, 0.25) is 0 Å². The molecule has 0 saturated carbocycles. The zero-order valence-electron chi connectivity index (χ0n) is 10.8. The van der Waals surface area contributed by atoms with Gasteiger partial charge in [-0.1, -0.05) is 0 Å². The third-order valence-electron chi connectivity index (χ3n) is 3.01. The van der Waals surface area contributed by atoms with Crippen molar-refractivity contribution >= 4 is 15.8 Å². The topological polar surface area (TPSA) is 63.7 Å². The molecule has 0 amide bonds. The molecule has 0 unspecified atom stereocenters. The maximum absolute atomic E-state index is 12.0. The first kappa shape index (κ1) is 14.0. The van der Waals surface area contributed by atoms with E-state index in [4.69, 9.17) is 4.74 Å². The molecule has 1 aromatic carbocycles. The average molecular weight is 283 g/mol. The van der Waals surface area contributed by atoms with Gasteiger partial charge >= 0.3 is 0 Å². The van der Waals surface area contributed by atoms with Crippen molar-refractivity contribution in [3.05, 3.63) is 29.8 Å². The van der Waals surface area contributed by atoms with E-state index < -0.39 is 10.0 Å². The van der Waals surface area contributed by atoms with Crippen LogP contribution < -0.4 is 4.74 Å². The lowest BCUT2D eigenvalue weighted by atomic mass is 10.1. The summed E-state index contributed by atoms with van der Waals surface area (Å²) in [7, 11) is -3.22. The normalized spacial score (nSPS) is 18.4. The molecule has 104 valence electrons. The van der Waals surface area contributed by atoms with E-state index in [1.165, 1.54) is 4.31 Å². The molecular formula is C13H17NO4S. The van der Waals surface area contributed by atoms with Gasteiger partial charge in [0.15, 0.2) is 5.78 Å². The van der Waals surface area contributed by atoms with Crippen LogP contribution >= 0.6 is 0 Å². The van der Waals surface area contributed by atoms with E-state index in [1.54, 1.807) is 24.3 Å². The highest BCUT2D eigenvalue weighted by molar-refractivity contribution is 7.89. The monoisotopic (exact) mass is 283 g/mol. The first-order valence-electron chi connectivity index (χ1n) is 6.27. The summed E-state index contributed by atoms with van der Waals surface area (Å²) in [6.07, 6.45) is 0.596. The average Bonchev–Trinajstić information content (AvgIpc) is 2.70. The van der Waals surface area contributed by atoms with E-state index in [9.17, 15) is 13.2 Å². The van der Waals surface area contributed by atoms with Gasteiger partial charge < -0.3 is 4.74 Å². The summed E-state index contributed by atoms with van der Waals surface area (Å²) in [6, 6.07) is 6.76. The van der Waals surface area contributed by atoms with Gasteiger partial charge in [-0.2, -0.15) is 4.31 Å². The Bertz CT molecular complexity index is 551. The molecule has 6 heteroatoms. The Balaban J connectivity index is 2.04. The summed E-state index contributed by atoms with van der Waals surface area (Å²) in [5, 5.41) is 0. The van der Waals surface area contributed by atoms with Crippen LogP contribution in [0.5, 0.6) is 5.75 Å². The highest BCUT2D eigenvalue weighted by Crippen LogP contribution is 2.16. The number of carbonyl (C=O) groups is 1. The number of ketones is 1. The summed E-state index contributed by atoms with van der Waals surface area (Å²) in [4.78, 5) is 12.0. The SMILES string of the molecule is CCOc1ccc(C(=O)CN2CCCS2(=O)=O)cc1. The van der Waals surface area contributed by atoms with Crippen LogP contribution in [0.3, 0.4) is 0 Å². The minimum Gasteiger partial charge on any atom is -0.494 e. The van der Waals surface area contributed by atoms with Gasteiger partial charge in [-0.15, -0.1) is 0 Å². The zero-order chi connectivity index (χ0) is 13.9. The molecule has 1 aromatic rings. The minimum absolute atomic E-state index is 0.0731. The van der Waals surface area contributed by atoms with E-state index in [0.29, 0.717) is 30.9 Å². The van der Waals surface area contributed by atoms with Crippen molar-refractivity contribution in [1.29, 1.82) is 0 Å². The Morgan fingerprint density at radius 2 is 2.00 bits per heavy atom. The highest BCUT2D eigenvalue weighted by Gasteiger charge is 2.29. The van der Waals surface area contributed by atoms with Crippen molar-refractivity contribution < 1.29 is 17.9 Å². The van der Waals surface area contributed by atoms with Crippen LogP contribution in [-0.2, 0) is 10.0 Å². The first-order valence-corrected chi connectivity index (χ1v) is 7.88. The molecule has 0 spiro atoms. The van der Waals surface area contributed by atoms with E-state index in [-0.39, 0.29) is 18.1 Å². The number of rotatable bonds is 5. The number of nitrogens with zero attached hydrogens (tertiary/aromatic N) is 1. The molecule has 2 rings (SSSR count). The Labute approximate surface area is 113 Å². The Kier molecular flexibility index (Phi) is 4.21. The molecule has 0 atom stereocenters. The quantitative estimate of drug-likeness (QED) is 0.764. The molecule has 1 fully saturated rings. The van der Waals surface area contributed by atoms with Crippen LogP contribution in [0.25, 0.3) is 0 Å². The van der Waals surface area contributed by atoms with Crippen LogP contribution in [0, 0.1) is 0 Å². The summed E-state index contributed by atoms with van der Waals surface area (Å²) >= 11 is 0. The fourth-order valence-electron chi connectivity index (χ4n) is 2.02. The fraction of sp³-hybridized carbons (Fsp3) is 0.462. The lowest BCUT2D eigenvalue weighted by molar-refractivity contribution is 0.0969. The van der Waals surface area contributed by atoms with Gasteiger partial charge in [0.05, 0.1) is 18.9 Å². The van der Waals surface area contributed by atoms with Gasteiger partial charge in [0, 0.05) is 12.1 Å². The van der Waals surface area contributed by atoms with E-state index >= 15 is 0 Å². The van der Waals surface area contributed by atoms with Gasteiger partial charge in [-0.25, -0.2) is 8.42 Å². The van der Waals surface area contributed by atoms with E-state index in [0.717, 1.165) is 0 Å². The second-order valence-corrected chi connectivity index (χ2v) is 6.47. The molecule has 1 heterocycles. The molecule has 19 heavy (non-hydrogen) atoms. The maximum Gasteiger partial charge on any atom is 0.214 e. The molecule has 5 nitrogen and oxygen atoms in total. The molecular weight excluding hydrogens is 266 g/mol. The third kappa shape index (κ3) is 3.33. The molecule has 0 N–H and O–H groups in total. The largest absolute Gasteiger partial charge is 0.494 e. The lowest BCUT2D eigenvalue weighted by Crippen LogP contribution is -2.31. The molecule has 1 aliphatic heterocycles. The number of hydrogen-bond acceptors (Lipinski definition) is 4. The summed E-state index contributed by atoms with van der Waals surface area (Å²) in [5.74, 6) is 0.658. The van der Waals surface area contributed by atoms with Crippen molar-refractivity contribution in [1.82, 2.24) is 4.31 Å². The van der Waals surface area contributed by atoms with Crippen LogP contribution in [0.15, 0.2) is 24.3 Å². The van der Waals surface area contributed by atoms with Crippen molar-refractivity contribution in [2.45, 2.75) is 13.3 Å². The highest BCUT2D eigenvalue weighted by atomic mass is 32.2. The molecule has 0 bridgehead atoms. The summed E-state index contributed by atoms with van der Waals surface area (Å²) in [5.41, 5.74) is 0.505. The van der Waals surface area contributed by atoms with Crippen molar-refractivity contribution in [3.8, 4) is 5.75 Å². The smallest absolute Gasteiger partial charge is 0.214 e. The van der Waals surface area contributed by atoms with Gasteiger partial charge in [0.1, 0.15) is 5.75 Å². The second-order valence-electron chi connectivity index (χ2n) is 4.38. The summed E-state index contributed by atoms with van der Waals surface area (Å²) in [6.45, 7) is 2.82. The van der Waals surface area contributed by atoms with Crippen molar-refractivity contribution in [2.75, 3.05) is 25.4 Å². The number of sulfonamides is 1. The van der Waals surface area contributed by atoms with Crippen LogP contribution in [-0.4, -0.2) is 44.0 Å². The predicted octanol–water partition coefficient (Wildman–Crippen LogP) is 1.30. The van der Waals surface area contributed by atoms with Gasteiger partial charge in [0.2, 0.25) is 10.0 Å².